The predicted octanol–water partition coefficient (Wildman–Crippen LogP) is 1.32. The Morgan fingerprint density at radius 3 is 2.79 bits per heavy atom. The summed E-state index contributed by atoms with van der Waals surface area (Å²) >= 11 is 0. The number of nitro groups is 1. The molecule has 0 bridgehead atoms. The first-order chi connectivity index (χ1) is 13.1. The lowest BCUT2D eigenvalue weighted by atomic mass is 10.1. The van der Waals surface area contributed by atoms with Gasteiger partial charge in [0.1, 0.15) is 5.69 Å². The second kappa shape index (κ2) is 9.30. The van der Waals surface area contributed by atoms with Gasteiger partial charge in [0.05, 0.1) is 22.5 Å². The Kier molecular flexibility index (Phi) is 7.33. The van der Waals surface area contributed by atoms with Crippen molar-refractivity contribution in [3.05, 3.63) is 28.3 Å². The van der Waals surface area contributed by atoms with Crippen molar-refractivity contribution in [2.24, 2.45) is 11.1 Å². The van der Waals surface area contributed by atoms with Crippen LogP contribution in [0, 0.1) is 16.0 Å². The average molecular weight is 414 g/mol. The van der Waals surface area contributed by atoms with Gasteiger partial charge < -0.3 is 15.0 Å². The highest BCUT2D eigenvalue weighted by Gasteiger charge is 2.25. The van der Waals surface area contributed by atoms with E-state index < -0.39 is 14.9 Å². The number of sulfonamides is 1. The molecule has 28 heavy (non-hydrogen) atoms. The van der Waals surface area contributed by atoms with Gasteiger partial charge in [0.15, 0.2) is 0 Å². The number of rotatable bonds is 8. The molecule has 1 aliphatic heterocycles. The number of hydrogen-bond donors (Lipinski definition) is 2. The second-order valence-corrected chi connectivity index (χ2v) is 8.54. The zero-order valence-electron chi connectivity index (χ0n) is 16.0. The molecule has 1 atom stereocenters. The molecule has 156 valence electrons. The summed E-state index contributed by atoms with van der Waals surface area (Å²) in [5.74, 6) is 0.0540. The standard InChI is InChI=1S/C17H26N4O6S/c1-12(2)17(22)20-8-9-27-13(11-20)4-3-7-19-15-6-5-14(28(18,25)26)10-16(15)21(23)24/h5-6,10,12-13,19H,3-4,7-9,11H2,1-2H3,(H2,18,25,26). The van der Waals surface area contributed by atoms with Crippen molar-refractivity contribution in [3.8, 4) is 0 Å². The lowest BCUT2D eigenvalue weighted by Gasteiger charge is -2.34. The van der Waals surface area contributed by atoms with Crippen LogP contribution in [0.2, 0.25) is 0 Å². The molecule has 0 aromatic heterocycles. The quantitative estimate of drug-likeness (QED) is 0.371. The lowest BCUT2D eigenvalue weighted by Crippen LogP contribution is -2.47. The molecule has 10 nitrogen and oxygen atoms in total. The molecule has 1 amide bonds. The Bertz CT molecular complexity index is 827. The number of morpholine rings is 1. The molecule has 0 radical (unpaired) electrons. The van der Waals surface area contributed by atoms with Crippen LogP contribution in [0.3, 0.4) is 0 Å². The zero-order valence-corrected chi connectivity index (χ0v) is 16.8. The normalized spacial score (nSPS) is 17.6. The monoisotopic (exact) mass is 414 g/mol. The number of primary sulfonamides is 1. The number of benzene rings is 1. The van der Waals surface area contributed by atoms with E-state index in [1.807, 2.05) is 18.7 Å². The van der Waals surface area contributed by atoms with Crippen molar-refractivity contribution >= 4 is 27.3 Å². The summed E-state index contributed by atoms with van der Waals surface area (Å²) in [5, 5.41) is 19.2. The lowest BCUT2D eigenvalue weighted by molar-refractivity contribution is -0.384. The second-order valence-electron chi connectivity index (χ2n) is 6.98. The summed E-state index contributed by atoms with van der Waals surface area (Å²) in [6.07, 6.45) is 1.29. The Morgan fingerprint density at radius 2 is 2.18 bits per heavy atom. The number of nitrogens with zero attached hydrogens (tertiary/aromatic N) is 2. The third kappa shape index (κ3) is 5.88. The fraction of sp³-hybridized carbons (Fsp3) is 0.588. The third-order valence-electron chi connectivity index (χ3n) is 4.46. The molecular weight excluding hydrogens is 388 g/mol. The summed E-state index contributed by atoms with van der Waals surface area (Å²) < 4.78 is 28.4. The molecule has 1 unspecified atom stereocenters. The molecule has 1 heterocycles. The van der Waals surface area contributed by atoms with Crippen LogP contribution in [0.5, 0.6) is 0 Å². The molecule has 11 heteroatoms. The summed E-state index contributed by atoms with van der Waals surface area (Å²) in [7, 11) is -4.01. The summed E-state index contributed by atoms with van der Waals surface area (Å²) in [6, 6.07) is 3.50. The number of nitrogens with one attached hydrogen (secondary N) is 1. The third-order valence-corrected chi connectivity index (χ3v) is 5.37. The van der Waals surface area contributed by atoms with Crippen molar-refractivity contribution in [1.29, 1.82) is 0 Å². The van der Waals surface area contributed by atoms with Crippen LogP contribution in [-0.2, 0) is 19.6 Å². The molecule has 1 fully saturated rings. The molecule has 0 saturated carbocycles. The molecule has 1 saturated heterocycles. The highest BCUT2D eigenvalue weighted by molar-refractivity contribution is 7.89. The molecule has 1 aromatic carbocycles. The van der Waals surface area contributed by atoms with Gasteiger partial charge in [-0.05, 0) is 25.0 Å². The van der Waals surface area contributed by atoms with E-state index in [4.69, 9.17) is 9.88 Å². The highest BCUT2D eigenvalue weighted by Crippen LogP contribution is 2.27. The first-order valence-corrected chi connectivity index (χ1v) is 10.6. The fourth-order valence-corrected chi connectivity index (χ4v) is 3.53. The van der Waals surface area contributed by atoms with E-state index in [0.717, 1.165) is 6.07 Å². The largest absolute Gasteiger partial charge is 0.379 e. The smallest absolute Gasteiger partial charge is 0.293 e. The first-order valence-electron chi connectivity index (χ1n) is 9.05. The van der Waals surface area contributed by atoms with Crippen molar-refractivity contribution in [1.82, 2.24) is 4.90 Å². The number of amides is 1. The van der Waals surface area contributed by atoms with E-state index in [-0.39, 0.29) is 34.2 Å². The van der Waals surface area contributed by atoms with Gasteiger partial charge in [0, 0.05) is 31.6 Å². The summed E-state index contributed by atoms with van der Waals surface area (Å²) in [4.78, 5) is 24.2. The van der Waals surface area contributed by atoms with Gasteiger partial charge in [-0.2, -0.15) is 0 Å². The minimum atomic E-state index is -4.01. The molecule has 1 aromatic rings. The van der Waals surface area contributed by atoms with Gasteiger partial charge in [-0.25, -0.2) is 13.6 Å². The number of carbonyl (C=O) groups excluding carboxylic acids is 1. The Labute approximate surface area is 164 Å². The average Bonchev–Trinajstić information content (AvgIpc) is 2.63. The van der Waals surface area contributed by atoms with Crippen LogP contribution >= 0.6 is 0 Å². The molecule has 0 aliphatic carbocycles. The number of nitrogens with two attached hydrogens (primary N) is 1. The van der Waals surface area contributed by atoms with Crippen molar-refractivity contribution in [2.75, 3.05) is 31.6 Å². The van der Waals surface area contributed by atoms with Crippen LogP contribution in [-0.4, -0.2) is 56.5 Å². The molecule has 0 spiro atoms. The van der Waals surface area contributed by atoms with Crippen molar-refractivity contribution in [3.63, 3.8) is 0 Å². The highest BCUT2D eigenvalue weighted by atomic mass is 32.2. The first kappa shape index (κ1) is 22.1. The molecule has 3 N–H and O–H groups in total. The molecular formula is C17H26N4O6S. The van der Waals surface area contributed by atoms with Gasteiger partial charge >= 0.3 is 0 Å². The molecule has 2 rings (SSSR count). The number of nitro benzene ring substituents is 1. The number of ether oxygens (including phenoxy) is 1. The van der Waals surface area contributed by atoms with Crippen LogP contribution < -0.4 is 10.5 Å². The predicted molar refractivity (Wildman–Crippen MR) is 103 cm³/mol. The van der Waals surface area contributed by atoms with E-state index in [1.54, 1.807) is 0 Å². The SMILES string of the molecule is CC(C)C(=O)N1CCOC(CCCNc2ccc(S(N)(=O)=O)cc2[N+](=O)[O-])C1. The zero-order chi connectivity index (χ0) is 20.9. The van der Waals surface area contributed by atoms with Gasteiger partial charge in [0.2, 0.25) is 15.9 Å². The van der Waals surface area contributed by atoms with Crippen LogP contribution in [0.25, 0.3) is 0 Å². The van der Waals surface area contributed by atoms with E-state index in [0.29, 0.717) is 39.1 Å². The van der Waals surface area contributed by atoms with Crippen LogP contribution in [0.4, 0.5) is 11.4 Å². The van der Waals surface area contributed by atoms with E-state index in [9.17, 15) is 23.3 Å². The summed E-state index contributed by atoms with van der Waals surface area (Å²) in [5.41, 5.74) is -0.132. The van der Waals surface area contributed by atoms with Gasteiger partial charge in [0.25, 0.3) is 5.69 Å². The van der Waals surface area contributed by atoms with Crippen LogP contribution in [0.1, 0.15) is 26.7 Å². The van der Waals surface area contributed by atoms with Crippen LogP contribution in [0.15, 0.2) is 23.1 Å². The maximum atomic E-state index is 12.1. The van der Waals surface area contributed by atoms with E-state index in [2.05, 4.69) is 5.32 Å². The number of carbonyl (C=O) groups is 1. The van der Waals surface area contributed by atoms with E-state index >= 15 is 0 Å². The van der Waals surface area contributed by atoms with E-state index in [1.165, 1.54) is 12.1 Å². The Morgan fingerprint density at radius 1 is 1.46 bits per heavy atom. The molecule has 1 aliphatic rings. The number of anilines is 1. The maximum absolute atomic E-state index is 12.1. The number of hydrogen-bond acceptors (Lipinski definition) is 7. The fourth-order valence-electron chi connectivity index (χ4n) is 3.00. The van der Waals surface area contributed by atoms with Crippen molar-refractivity contribution in [2.45, 2.75) is 37.7 Å². The van der Waals surface area contributed by atoms with Crippen molar-refractivity contribution < 1.29 is 22.9 Å². The Hall–Kier alpha value is -2.24. The maximum Gasteiger partial charge on any atom is 0.293 e. The van der Waals surface area contributed by atoms with Gasteiger partial charge in [-0.3, -0.25) is 14.9 Å². The summed E-state index contributed by atoms with van der Waals surface area (Å²) in [6.45, 7) is 5.80. The Balaban J connectivity index is 1.90. The topological polar surface area (TPSA) is 145 Å². The van der Waals surface area contributed by atoms with Gasteiger partial charge in [-0.1, -0.05) is 13.8 Å². The van der Waals surface area contributed by atoms with Gasteiger partial charge in [-0.15, -0.1) is 0 Å². The minimum absolute atomic E-state index is 0.0544. The minimum Gasteiger partial charge on any atom is -0.379 e.